The van der Waals surface area contributed by atoms with Crippen LogP contribution in [0.15, 0.2) is 11.3 Å². The highest BCUT2D eigenvalue weighted by Gasteiger charge is 2.15. The van der Waals surface area contributed by atoms with Crippen molar-refractivity contribution in [2.75, 3.05) is 13.1 Å². The summed E-state index contributed by atoms with van der Waals surface area (Å²) in [5, 5.41) is 15.0. The molecule has 1 aromatic rings. The highest BCUT2D eigenvalue weighted by molar-refractivity contribution is 5.80. The second kappa shape index (κ2) is 11.1. The first kappa shape index (κ1) is 19.7. The number of nitrogens with one attached hydrogen (secondary N) is 2. The standard InChI is InChI=1S/C19H36N6/c1-4-18-24-22-15-25(18)14-13-21-19(20-5-2)23-16(3)11-12-17-9-7-6-8-10-17/h15-17H,4-14H2,1-3H3,(H2,20,21,23). The number of aryl methyl sites for hydroxylation is 1. The SMILES string of the molecule is CCNC(=NCCn1cnnc1CC)NC(C)CCC1CCCCC1. The van der Waals surface area contributed by atoms with E-state index in [1.54, 1.807) is 6.33 Å². The van der Waals surface area contributed by atoms with Crippen LogP contribution in [0.2, 0.25) is 0 Å². The average molecular weight is 349 g/mol. The van der Waals surface area contributed by atoms with Crippen molar-refractivity contribution in [1.29, 1.82) is 0 Å². The molecule has 0 aromatic carbocycles. The number of hydrogen-bond donors (Lipinski definition) is 2. The molecule has 25 heavy (non-hydrogen) atoms. The molecule has 0 bridgehead atoms. The molecule has 142 valence electrons. The van der Waals surface area contributed by atoms with Gasteiger partial charge in [-0.1, -0.05) is 39.0 Å². The van der Waals surface area contributed by atoms with Crippen molar-refractivity contribution < 1.29 is 0 Å². The minimum Gasteiger partial charge on any atom is -0.357 e. The molecule has 1 aliphatic carbocycles. The molecule has 0 radical (unpaired) electrons. The van der Waals surface area contributed by atoms with Gasteiger partial charge in [-0.05, 0) is 32.6 Å². The van der Waals surface area contributed by atoms with Gasteiger partial charge in [-0.25, -0.2) is 0 Å². The van der Waals surface area contributed by atoms with Crippen molar-refractivity contribution in [3.63, 3.8) is 0 Å². The minimum absolute atomic E-state index is 0.459. The molecular formula is C19H36N6. The van der Waals surface area contributed by atoms with E-state index < -0.39 is 0 Å². The van der Waals surface area contributed by atoms with E-state index in [1.807, 2.05) is 0 Å². The Morgan fingerprint density at radius 1 is 1.32 bits per heavy atom. The summed E-state index contributed by atoms with van der Waals surface area (Å²) in [6.07, 6.45) is 12.4. The summed E-state index contributed by atoms with van der Waals surface area (Å²) < 4.78 is 2.08. The predicted octanol–water partition coefficient (Wildman–Crippen LogP) is 3.14. The molecule has 1 atom stereocenters. The van der Waals surface area contributed by atoms with Gasteiger partial charge in [0.05, 0.1) is 6.54 Å². The molecule has 1 aromatic heterocycles. The molecule has 2 N–H and O–H groups in total. The Hall–Kier alpha value is -1.59. The van der Waals surface area contributed by atoms with Gasteiger partial charge in [-0.3, -0.25) is 4.99 Å². The van der Waals surface area contributed by atoms with Gasteiger partial charge >= 0.3 is 0 Å². The topological polar surface area (TPSA) is 67.1 Å². The molecule has 0 aliphatic heterocycles. The van der Waals surface area contributed by atoms with Gasteiger partial charge in [-0.15, -0.1) is 10.2 Å². The second-order valence-electron chi connectivity index (χ2n) is 7.18. The maximum Gasteiger partial charge on any atom is 0.191 e. The molecular weight excluding hydrogens is 312 g/mol. The van der Waals surface area contributed by atoms with Crippen LogP contribution in [0.5, 0.6) is 0 Å². The zero-order valence-corrected chi connectivity index (χ0v) is 16.3. The van der Waals surface area contributed by atoms with Gasteiger partial charge < -0.3 is 15.2 Å². The van der Waals surface area contributed by atoms with Crippen molar-refractivity contribution in [3.05, 3.63) is 12.2 Å². The summed E-state index contributed by atoms with van der Waals surface area (Å²) in [6.45, 7) is 8.92. The van der Waals surface area contributed by atoms with Crippen LogP contribution >= 0.6 is 0 Å². The van der Waals surface area contributed by atoms with Crippen molar-refractivity contribution in [1.82, 2.24) is 25.4 Å². The van der Waals surface area contributed by atoms with Crippen molar-refractivity contribution in [3.8, 4) is 0 Å². The number of aromatic nitrogens is 3. The lowest BCUT2D eigenvalue weighted by atomic mass is 9.85. The number of guanidine groups is 1. The number of rotatable bonds is 9. The third-order valence-corrected chi connectivity index (χ3v) is 5.08. The van der Waals surface area contributed by atoms with E-state index in [0.717, 1.165) is 43.8 Å². The highest BCUT2D eigenvalue weighted by Crippen LogP contribution is 2.27. The van der Waals surface area contributed by atoms with E-state index in [1.165, 1.54) is 44.9 Å². The van der Waals surface area contributed by atoms with Crippen LogP contribution in [0.25, 0.3) is 0 Å². The molecule has 1 heterocycles. The van der Waals surface area contributed by atoms with E-state index in [2.05, 4.69) is 46.2 Å². The summed E-state index contributed by atoms with van der Waals surface area (Å²) in [5.41, 5.74) is 0. The Morgan fingerprint density at radius 2 is 2.12 bits per heavy atom. The lowest BCUT2D eigenvalue weighted by Crippen LogP contribution is -2.42. The normalized spacial score (nSPS) is 17.5. The molecule has 1 saturated carbocycles. The smallest absolute Gasteiger partial charge is 0.191 e. The van der Waals surface area contributed by atoms with Crippen LogP contribution in [-0.2, 0) is 13.0 Å². The Kier molecular flexibility index (Phi) is 8.77. The predicted molar refractivity (Wildman–Crippen MR) is 104 cm³/mol. The van der Waals surface area contributed by atoms with E-state index in [-0.39, 0.29) is 0 Å². The first-order valence-electron chi connectivity index (χ1n) is 10.1. The van der Waals surface area contributed by atoms with Gasteiger partial charge in [0.15, 0.2) is 5.96 Å². The van der Waals surface area contributed by atoms with Gasteiger partial charge in [0.1, 0.15) is 12.2 Å². The summed E-state index contributed by atoms with van der Waals surface area (Å²) in [5.74, 6) is 2.89. The lowest BCUT2D eigenvalue weighted by molar-refractivity contribution is 0.322. The lowest BCUT2D eigenvalue weighted by Gasteiger charge is -2.24. The number of aliphatic imine (C=N–C) groups is 1. The largest absolute Gasteiger partial charge is 0.357 e. The Labute approximate surface area is 152 Å². The Bertz CT molecular complexity index is 504. The molecule has 6 heteroatoms. The van der Waals surface area contributed by atoms with Crippen LogP contribution < -0.4 is 10.6 Å². The Balaban J connectivity index is 1.75. The van der Waals surface area contributed by atoms with Crippen LogP contribution in [-0.4, -0.2) is 39.9 Å². The second-order valence-corrected chi connectivity index (χ2v) is 7.18. The van der Waals surface area contributed by atoms with Crippen LogP contribution in [0, 0.1) is 5.92 Å². The molecule has 1 unspecified atom stereocenters. The third-order valence-electron chi connectivity index (χ3n) is 5.08. The zero-order chi connectivity index (χ0) is 17.9. The van der Waals surface area contributed by atoms with Gasteiger partial charge in [0.25, 0.3) is 0 Å². The zero-order valence-electron chi connectivity index (χ0n) is 16.3. The van der Waals surface area contributed by atoms with Crippen molar-refractivity contribution in [2.24, 2.45) is 10.9 Å². The molecule has 0 amide bonds. The first-order chi connectivity index (χ1) is 12.2. The fourth-order valence-corrected chi connectivity index (χ4v) is 3.60. The van der Waals surface area contributed by atoms with E-state index in [9.17, 15) is 0 Å². The van der Waals surface area contributed by atoms with E-state index >= 15 is 0 Å². The summed E-state index contributed by atoms with van der Waals surface area (Å²) in [4.78, 5) is 4.72. The quantitative estimate of drug-likeness (QED) is 0.531. The average Bonchev–Trinajstić information content (AvgIpc) is 3.08. The van der Waals surface area contributed by atoms with Crippen molar-refractivity contribution >= 4 is 5.96 Å². The van der Waals surface area contributed by atoms with E-state index in [4.69, 9.17) is 4.99 Å². The van der Waals surface area contributed by atoms with Gasteiger partial charge in [-0.2, -0.15) is 0 Å². The highest BCUT2D eigenvalue weighted by atomic mass is 15.3. The third kappa shape index (κ3) is 7.04. The van der Waals surface area contributed by atoms with Crippen molar-refractivity contribution in [2.45, 2.75) is 84.7 Å². The fourth-order valence-electron chi connectivity index (χ4n) is 3.60. The monoisotopic (exact) mass is 348 g/mol. The minimum atomic E-state index is 0.459. The summed E-state index contributed by atoms with van der Waals surface area (Å²) >= 11 is 0. The first-order valence-corrected chi connectivity index (χ1v) is 10.1. The van der Waals surface area contributed by atoms with Crippen LogP contribution in [0.3, 0.4) is 0 Å². The van der Waals surface area contributed by atoms with Gasteiger partial charge in [0, 0.05) is 25.6 Å². The number of nitrogens with zero attached hydrogens (tertiary/aromatic N) is 4. The molecule has 0 spiro atoms. The maximum atomic E-state index is 4.72. The summed E-state index contributed by atoms with van der Waals surface area (Å²) in [6, 6.07) is 0.459. The molecule has 6 nitrogen and oxygen atoms in total. The fraction of sp³-hybridized carbons (Fsp3) is 0.842. The summed E-state index contributed by atoms with van der Waals surface area (Å²) in [7, 11) is 0. The van der Waals surface area contributed by atoms with Gasteiger partial charge in [0.2, 0.25) is 0 Å². The molecule has 2 rings (SSSR count). The molecule has 0 saturated heterocycles. The molecule has 1 fully saturated rings. The number of hydrogen-bond acceptors (Lipinski definition) is 3. The van der Waals surface area contributed by atoms with Crippen LogP contribution in [0.4, 0.5) is 0 Å². The Morgan fingerprint density at radius 3 is 2.84 bits per heavy atom. The van der Waals surface area contributed by atoms with E-state index in [0.29, 0.717) is 6.04 Å². The van der Waals surface area contributed by atoms with Crippen LogP contribution in [0.1, 0.15) is 71.5 Å². The molecule has 1 aliphatic rings. The maximum absolute atomic E-state index is 4.72.